The van der Waals surface area contributed by atoms with Gasteiger partial charge in [0, 0.05) is 49.1 Å². The number of carbonyl (C=O) groups excluding carboxylic acids is 1. The first-order valence-electron chi connectivity index (χ1n) is 11.5. The lowest BCUT2D eigenvalue weighted by Gasteiger charge is -2.31. The van der Waals surface area contributed by atoms with Gasteiger partial charge in [0.05, 0.1) is 30.6 Å². The van der Waals surface area contributed by atoms with Gasteiger partial charge in [0.25, 0.3) is 0 Å². The Balaban J connectivity index is 1.49. The van der Waals surface area contributed by atoms with E-state index in [1.807, 2.05) is 55.6 Å². The lowest BCUT2D eigenvalue weighted by atomic mass is 10.0. The van der Waals surface area contributed by atoms with Gasteiger partial charge in [-0.25, -0.2) is 9.97 Å². The largest absolute Gasteiger partial charge is 0.379 e. The average Bonchev–Trinajstić information content (AvgIpc) is 2.87. The Morgan fingerprint density at radius 2 is 1.82 bits per heavy atom. The Labute approximate surface area is 195 Å². The summed E-state index contributed by atoms with van der Waals surface area (Å²) in [5, 5.41) is 3.06. The van der Waals surface area contributed by atoms with Crippen LogP contribution in [0.4, 0.5) is 0 Å². The van der Waals surface area contributed by atoms with Crippen LogP contribution in [0.15, 0.2) is 54.9 Å². The molecule has 4 rings (SSSR count). The number of carbonyl (C=O) groups is 1. The van der Waals surface area contributed by atoms with Gasteiger partial charge >= 0.3 is 0 Å². The number of hydrogen-bond donors (Lipinski definition) is 1. The SMILES string of the molecule is CC(C)c1ncc(-c2ccccn2)c(-c2ccc(CNC(=O)[C@@H](C)N3CCOCC3)cc2)n1. The number of amides is 1. The van der Waals surface area contributed by atoms with Crippen molar-refractivity contribution in [1.82, 2.24) is 25.2 Å². The second-order valence-corrected chi connectivity index (χ2v) is 8.60. The van der Waals surface area contributed by atoms with Gasteiger partial charge in [0.15, 0.2) is 0 Å². The minimum atomic E-state index is -0.162. The van der Waals surface area contributed by atoms with Crippen LogP contribution in [0.1, 0.15) is 38.1 Å². The Kier molecular flexibility index (Phi) is 7.42. The van der Waals surface area contributed by atoms with E-state index < -0.39 is 0 Å². The van der Waals surface area contributed by atoms with E-state index in [0.29, 0.717) is 19.8 Å². The molecule has 0 aliphatic carbocycles. The predicted molar refractivity (Wildman–Crippen MR) is 128 cm³/mol. The summed E-state index contributed by atoms with van der Waals surface area (Å²) in [5.41, 5.74) is 4.65. The van der Waals surface area contributed by atoms with E-state index in [9.17, 15) is 4.79 Å². The average molecular weight is 446 g/mol. The highest BCUT2D eigenvalue weighted by molar-refractivity contribution is 5.81. The summed E-state index contributed by atoms with van der Waals surface area (Å²) < 4.78 is 5.38. The molecular formula is C26H31N5O2. The molecule has 0 bridgehead atoms. The van der Waals surface area contributed by atoms with Crippen molar-refractivity contribution in [2.75, 3.05) is 26.3 Å². The topological polar surface area (TPSA) is 80.2 Å². The highest BCUT2D eigenvalue weighted by Gasteiger charge is 2.22. The maximum absolute atomic E-state index is 12.6. The molecule has 2 aromatic heterocycles. The van der Waals surface area contributed by atoms with Crippen LogP contribution in [0.5, 0.6) is 0 Å². The van der Waals surface area contributed by atoms with E-state index in [2.05, 4.69) is 34.0 Å². The number of morpholine rings is 1. The summed E-state index contributed by atoms with van der Waals surface area (Å²) in [4.78, 5) is 28.6. The fourth-order valence-corrected chi connectivity index (χ4v) is 3.85. The predicted octanol–water partition coefficient (Wildman–Crippen LogP) is 3.67. The number of aromatic nitrogens is 3. The van der Waals surface area contributed by atoms with Crippen molar-refractivity contribution in [2.24, 2.45) is 0 Å². The molecular weight excluding hydrogens is 414 g/mol. The van der Waals surface area contributed by atoms with Gasteiger partial charge in [-0.15, -0.1) is 0 Å². The van der Waals surface area contributed by atoms with Gasteiger partial charge in [0.2, 0.25) is 5.91 Å². The highest BCUT2D eigenvalue weighted by atomic mass is 16.5. The lowest BCUT2D eigenvalue weighted by molar-refractivity contribution is -0.127. The van der Waals surface area contributed by atoms with E-state index in [0.717, 1.165) is 47.0 Å². The first-order valence-corrected chi connectivity index (χ1v) is 11.5. The highest BCUT2D eigenvalue weighted by Crippen LogP contribution is 2.30. The fraction of sp³-hybridized carbons (Fsp3) is 0.385. The third-order valence-electron chi connectivity index (χ3n) is 5.93. The van der Waals surface area contributed by atoms with Crippen molar-refractivity contribution in [1.29, 1.82) is 0 Å². The summed E-state index contributed by atoms with van der Waals surface area (Å²) in [7, 11) is 0. The zero-order valence-electron chi connectivity index (χ0n) is 19.5. The molecule has 1 aliphatic heterocycles. The van der Waals surface area contributed by atoms with E-state index in [4.69, 9.17) is 9.72 Å². The van der Waals surface area contributed by atoms with Crippen LogP contribution in [0.25, 0.3) is 22.5 Å². The van der Waals surface area contributed by atoms with Crippen LogP contribution in [0.3, 0.4) is 0 Å². The van der Waals surface area contributed by atoms with Crippen LogP contribution in [0.2, 0.25) is 0 Å². The molecule has 33 heavy (non-hydrogen) atoms. The first-order chi connectivity index (χ1) is 16.0. The minimum absolute atomic E-state index is 0.0378. The Morgan fingerprint density at radius 1 is 1.06 bits per heavy atom. The summed E-state index contributed by atoms with van der Waals surface area (Å²) >= 11 is 0. The number of ether oxygens (including phenoxy) is 1. The minimum Gasteiger partial charge on any atom is -0.379 e. The number of benzene rings is 1. The Hall–Kier alpha value is -3.16. The van der Waals surface area contributed by atoms with E-state index in [-0.39, 0.29) is 17.9 Å². The Morgan fingerprint density at radius 3 is 2.48 bits per heavy atom. The fourth-order valence-electron chi connectivity index (χ4n) is 3.85. The maximum atomic E-state index is 12.6. The zero-order chi connectivity index (χ0) is 23.2. The van der Waals surface area contributed by atoms with Gasteiger partial charge in [-0.05, 0) is 24.6 Å². The van der Waals surface area contributed by atoms with Gasteiger partial charge in [-0.2, -0.15) is 0 Å². The standard InChI is InChI=1S/C26H31N5O2/c1-18(2)25-28-17-22(23-6-4-5-11-27-23)24(30-25)21-9-7-20(8-10-21)16-29-26(32)19(3)31-12-14-33-15-13-31/h4-11,17-19H,12-16H2,1-3H3,(H,29,32)/t19-/m1/s1. The van der Waals surface area contributed by atoms with Crippen molar-refractivity contribution < 1.29 is 9.53 Å². The van der Waals surface area contributed by atoms with Crippen LogP contribution in [-0.2, 0) is 16.1 Å². The normalized spacial score (nSPS) is 15.4. The molecule has 1 atom stereocenters. The molecule has 3 aromatic rings. The molecule has 172 valence electrons. The molecule has 1 amide bonds. The molecule has 0 spiro atoms. The monoisotopic (exact) mass is 445 g/mol. The Bertz CT molecular complexity index is 1060. The summed E-state index contributed by atoms with van der Waals surface area (Å²) in [6, 6.07) is 13.8. The molecule has 7 nitrogen and oxygen atoms in total. The zero-order valence-corrected chi connectivity index (χ0v) is 19.5. The van der Waals surface area contributed by atoms with Crippen LogP contribution < -0.4 is 5.32 Å². The number of hydrogen-bond acceptors (Lipinski definition) is 6. The number of pyridine rings is 1. The van der Waals surface area contributed by atoms with Crippen LogP contribution in [-0.4, -0.2) is 58.1 Å². The van der Waals surface area contributed by atoms with Gasteiger partial charge in [-0.3, -0.25) is 14.7 Å². The van der Waals surface area contributed by atoms with Gasteiger partial charge in [-0.1, -0.05) is 44.2 Å². The van der Waals surface area contributed by atoms with E-state index >= 15 is 0 Å². The lowest BCUT2D eigenvalue weighted by Crippen LogP contribution is -2.49. The third kappa shape index (κ3) is 5.61. The molecule has 0 saturated carbocycles. The second kappa shape index (κ2) is 10.6. The molecule has 7 heteroatoms. The van der Waals surface area contributed by atoms with Crippen molar-refractivity contribution in [2.45, 2.75) is 39.3 Å². The number of rotatable bonds is 7. The number of nitrogens with zero attached hydrogens (tertiary/aromatic N) is 4. The smallest absolute Gasteiger partial charge is 0.237 e. The first kappa shape index (κ1) is 23.0. The van der Waals surface area contributed by atoms with Gasteiger partial charge in [0.1, 0.15) is 5.82 Å². The summed E-state index contributed by atoms with van der Waals surface area (Å²) in [6.45, 7) is 9.55. The van der Waals surface area contributed by atoms with Crippen molar-refractivity contribution in [3.63, 3.8) is 0 Å². The molecule has 0 radical (unpaired) electrons. The molecule has 1 saturated heterocycles. The van der Waals surface area contributed by atoms with Crippen molar-refractivity contribution >= 4 is 5.91 Å². The van der Waals surface area contributed by atoms with Crippen molar-refractivity contribution in [3.8, 4) is 22.5 Å². The maximum Gasteiger partial charge on any atom is 0.237 e. The molecule has 1 fully saturated rings. The van der Waals surface area contributed by atoms with Crippen LogP contribution in [0, 0.1) is 0 Å². The molecule has 1 aromatic carbocycles. The molecule has 0 unspecified atom stereocenters. The molecule has 1 N–H and O–H groups in total. The van der Waals surface area contributed by atoms with E-state index in [1.54, 1.807) is 6.20 Å². The second-order valence-electron chi connectivity index (χ2n) is 8.60. The molecule has 1 aliphatic rings. The third-order valence-corrected chi connectivity index (χ3v) is 5.93. The molecule has 3 heterocycles. The van der Waals surface area contributed by atoms with Crippen molar-refractivity contribution in [3.05, 3.63) is 66.2 Å². The quantitative estimate of drug-likeness (QED) is 0.598. The van der Waals surface area contributed by atoms with Crippen LogP contribution >= 0.6 is 0 Å². The van der Waals surface area contributed by atoms with E-state index in [1.165, 1.54) is 0 Å². The number of nitrogens with one attached hydrogen (secondary N) is 1. The summed E-state index contributed by atoms with van der Waals surface area (Å²) in [5.74, 6) is 1.07. The van der Waals surface area contributed by atoms with Gasteiger partial charge < -0.3 is 10.1 Å². The summed E-state index contributed by atoms with van der Waals surface area (Å²) in [6.07, 6.45) is 3.64.